The molecule has 0 aromatic heterocycles. The van der Waals surface area contributed by atoms with E-state index >= 15 is 0 Å². The average molecular weight is 631 g/mol. The van der Waals surface area contributed by atoms with Crippen LogP contribution in [0, 0.1) is 11.3 Å². The van der Waals surface area contributed by atoms with Gasteiger partial charge in [0, 0.05) is 0 Å². The van der Waals surface area contributed by atoms with Crippen LogP contribution in [-0.2, 0) is 32.1 Å². The van der Waals surface area contributed by atoms with Gasteiger partial charge < -0.3 is 24.8 Å². The summed E-state index contributed by atoms with van der Waals surface area (Å²) in [6.45, 7) is 28.5. The van der Waals surface area contributed by atoms with Crippen molar-refractivity contribution in [2.24, 2.45) is 11.3 Å². The number of rotatable bonds is 3. The third-order valence-electron chi connectivity index (χ3n) is 8.28. The molecule has 0 nitrogen and oxygen atoms in total. The maximum absolute atomic E-state index is 2.66. The van der Waals surface area contributed by atoms with Gasteiger partial charge in [-0.3, -0.25) is 0 Å². The van der Waals surface area contributed by atoms with Crippen molar-refractivity contribution in [3.8, 4) is 11.1 Å². The molecule has 0 amide bonds. The molecule has 3 heteroatoms. The number of fused-ring (bicyclic) bond motifs is 3. The molecule has 0 spiro atoms. The fraction of sp³-hybridized carbons (Fsp3) is 0.514. The third-order valence-corrected chi connectivity index (χ3v) is 16.7. The van der Waals surface area contributed by atoms with E-state index in [1.165, 1.54) is 28.7 Å². The van der Waals surface area contributed by atoms with Gasteiger partial charge in [0.15, 0.2) is 0 Å². The molecule has 0 saturated carbocycles. The van der Waals surface area contributed by atoms with Gasteiger partial charge in [0.2, 0.25) is 0 Å². The number of hydrogen-bond acceptors (Lipinski definition) is 0. The first-order valence-electron chi connectivity index (χ1n) is 13.9. The van der Waals surface area contributed by atoms with Gasteiger partial charge in [-0.15, -0.1) is 0 Å². The summed E-state index contributed by atoms with van der Waals surface area (Å²) in [4.78, 5) is 0. The van der Waals surface area contributed by atoms with E-state index in [0.29, 0.717) is 9.54 Å². The Balaban J connectivity index is 0.00000253. The summed E-state index contributed by atoms with van der Waals surface area (Å²) < 4.78 is 4.09. The molecule has 2 aliphatic carbocycles. The summed E-state index contributed by atoms with van der Waals surface area (Å²) in [5.74, 6) is 0.604. The van der Waals surface area contributed by atoms with Crippen LogP contribution >= 0.6 is 0 Å². The SMILES string of the molecule is CCC1C=C(C(C)(C)C)C=[C]1[Zr+2](=[C](C)C)[CH]1c2cc(C(C)(C)C)ccc2-c2ccc(C(C)(C)C)cc21.[Cl-].[Cl-]. The van der Waals surface area contributed by atoms with Gasteiger partial charge in [0.25, 0.3) is 0 Å². The van der Waals surface area contributed by atoms with Crippen LogP contribution in [0.4, 0.5) is 0 Å². The summed E-state index contributed by atoms with van der Waals surface area (Å²) in [6, 6.07) is 14.8. The van der Waals surface area contributed by atoms with Crippen molar-refractivity contribution in [1.82, 2.24) is 0 Å². The van der Waals surface area contributed by atoms with Crippen LogP contribution in [0.3, 0.4) is 0 Å². The predicted octanol–water partition coefficient (Wildman–Crippen LogP) is 4.09. The number of halogens is 2. The van der Waals surface area contributed by atoms with Gasteiger partial charge in [0.05, 0.1) is 0 Å². The van der Waals surface area contributed by atoms with Crippen molar-refractivity contribution >= 4 is 3.21 Å². The zero-order chi connectivity index (χ0) is 26.8. The van der Waals surface area contributed by atoms with Gasteiger partial charge in [-0.05, 0) is 0 Å². The summed E-state index contributed by atoms with van der Waals surface area (Å²) >= 11 is -2.28. The maximum Gasteiger partial charge on any atom is -1.00 e. The number of hydrogen-bond donors (Lipinski definition) is 0. The van der Waals surface area contributed by atoms with Crippen LogP contribution in [0.5, 0.6) is 0 Å². The fourth-order valence-corrected chi connectivity index (χ4v) is 14.8. The van der Waals surface area contributed by atoms with E-state index in [2.05, 4.69) is 132 Å². The smallest absolute Gasteiger partial charge is 1.00 e. The van der Waals surface area contributed by atoms with E-state index in [0.717, 1.165) is 0 Å². The van der Waals surface area contributed by atoms with Crippen LogP contribution < -0.4 is 24.8 Å². The fourth-order valence-electron chi connectivity index (χ4n) is 5.96. The molecule has 0 aliphatic heterocycles. The van der Waals surface area contributed by atoms with Crippen LogP contribution in [0.1, 0.15) is 115 Å². The number of allylic oxidation sites excluding steroid dienone is 4. The Kier molecular flexibility index (Phi) is 10.2. The second-order valence-corrected chi connectivity index (χ2v) is 21.8. The van der Waals surface area contributed by atoms with Gasteiger partial charge in [-0.25, -0.2) is 0 Å². The molecule has 2 aromatic rings. The van der Waals surface area contributed by atoms with E-state index < -0.39 is 21.3 Å². The van der Waals surface area contributed by atoms with E-state index in [-0.39, 0.29) is 41.1 Å². The molecule has 1 unspecified atom stereocenters. The molecule has 0 N–H and O–H groups in total. The van der Waals surface area contributed by atoms with Gasteiger partial charge in [-0.1, -0.05) is 0 Å². The first-order valence-corrected chi connectivity index (χ1v) is 17.8. The van der Waals surface area contributed by atoms with E-state index in [4.69, 9.17) is 0 Å². The predicted molar refractivity (Wildman–Crippen MR) is 157 cm³/mol. The summed E-state index contributed by atoms with van der Waals surface area (Å²) in [5.41, 5.74) is 11.2. The molecule has 0 bridgehead atoms. The molecule has 0 heterocycles. The van der Waals surface area contributed by atoms with Crippen LogP contribution in [0.2, 0.25) is 0 Å². The van der Waals surface area contributed by atoms with Crippen molar-refractivity contribution in [1.29, 1.82) is 0 Å². The molecular weight excluding hydrogens is 583 g/mol. The molecule has 0 saturated heterocycles. The maximum atomic E-state index is 2.66. The normalized spacial score (nSPS) is 16.9. The Morgan fingerprint density at radius 3 is 1.50 bits per heavy atom. The minimum atomic E-state index is -2.28. The topological polar surface area (TPSA) is 0 Å². The molecule has 2 aliphatic rings. The summed E-state index contributed by atoms with van der Waals surface area (Å²) in [7, 11) is 0. The zero-order valence-corrected chi connectivity index (χ0v) is 29.7. The minimum Gasteiger partial charge on any atom is -1.00 e. The van der Waals surface area contributed by atoms with Crippen molar-refractivity contribution in [3.63, 3.8) is 0 Å². The minimum absolute atomic E-state index is 0. The second-order valence-electron chi connectivity index (χ2n) is 14.4. The van der Waals surface area contributed by atoms with Gasteiger partial charge in [0.1, 0.15) is 0 Å². The van der Waals surface area contributed by atoms with Crippen LogP contribution in [0.15, 0.2) is 57.4 Å². The third kappa shape index (κ3) is 6.26. The van der Waals surface area contributed by atoms with E-state index in [1.807, 2.05) is 3.28 Å². The van der Waals surface area contributed by atoms with Crippen LogP contribution in [0.25, 0.3) is 11.1 Å². The Labute approximate surface area is 253 Å². The molecule has 2 aromatic carbocycles. The summed E-state index contributed by atoms with van der Waals surface area (Å²) in [5, 5.41) is 0. The molecule has 1 atom stereocenters. The molecule has 38 heavy (non-hydrogen) atoms. The van der Waals surface area contributed by atoms with Crippen molar-refractivity contribution in [3.05, 3.63) is 79.7 Å². The molecule has 0 fully saturated rings. The van der Waals surface area contributed by atoms with Crippen LogP contribution in [-0.4, -0.2) is 3.21 Å². The van der Waals surface area contributed by atoms with Gasteiger partial charge >= 0.3 is 231 Å². The molecular formula is C35H48Cl2Zr. The monoisotopic (exact) mass is 628 g/mol. The quantitative estimate of drug-likeness (QED) is 0.480. The van der Waals surface area contributed by atoms with E-state index in [9.17, 15) is 0 Å². The first kappa shape index (κ1) is 33.5. The largest absolute Gasteiger partial charge is 1.00 e. The summed E-state index contributed by atoms with van der Waals surface area (Å²) in [6.07, 6.45) is 6.49. The molecule has 4 rings (SSSR count). The van der Waals surface area contributed by atoms with Crippen molar-refractivity contribution < 1.29 is 46.1 Å². The average Bonchev–Trinajstić information content (AvgIpc) is 3.32. The second kappa shape index (κ2) is 11.6. The number of benzene rings is 2. The molecule has 206 valence electrons. The standard InChI is InChI=1S/C21H25.C11H17.C3H6.2ClH.Zr/c1-20(2,3)16-7-9-18-14(12-16)11-15-13-17(21(4,5)6)8-10-19(15)18;1-5-9-6-7-10(8-9)11(2,3)4;1-3-2;;;/h7-13H,1-6H3;7-9H,5H2,1-4H3;1-2H3;2*1H;/q;;;;;+2/p-2. The Bertz CT molecular complexity index is 1220. The Morgan fingerprint density at radius 1 is 0.711 bits per heavy atom. The van der Waals surface area contributed by atoms with Crippen molar-refractivity contribution in [2.75, 3.05) is 0 Å². The Hall–Kier alpha value is -0.747. The van der Waals surface area contributed by atoms with Gasteiger partial charge in [-0.2, -0.15) is 0 Å². The molecule has 0 radical (unpaired) electrons. The van der Waals surface area contributed by atoms with Crippen molar-refractivity contribution in [2.45, 2.75) is 104 Å². The van der Waals surface area contributed by atoms with E-state index in [1.54, 1.807) is 19.9 Å². The first-order chi connectivity index (χ1) is 16.5. The zero-order valence-electron chi connectivity index (χ0n) is 25.7. The Morgan fingerprint density at radius 2 is 1.16 bits per heavy atom.